The lowest BCUT2D eigenvalue weighted by Gasteiger charge is -2.46. The molecule has 3 heteroatoms. The van der Waals surface area contributed by atoms with Crippen molar-refractivity contribution >= 4 is 5.97 Å². The highest BCUT2D eigenvalue weighted by molar-refractivity contribution is 5.79. The van der Waals surface area contributed by atoms with Gasteiger partial charge in [-0.1, -0.05) is 69.3 Å². The number of para-hydroxylation sites is 1. The van der Waals surface area contributed by atoms with Crippen LogP contribution in [-0.2, 0) is 16.0 Å². The van der Waals surface area contributed by atoms with E-state index in [9.17, 15) is 4.79 Å². The standard InChI is InChI=1S/C24H32O3/c1-7-27-22(25)24(5,23(2,3)4)20(17-18-13-9-8-10-14-18)19-15-11-12-16-21(19)26-6/h8-16,20H,7,17H2,1-6H3. The van der Waals surface area contributed by atoms with E-state index < -0.39 is 5.41 Å². The molecule has 2 rings (SSSR count). The van der Waals surface area contributed by atoms with Crippen molar-refractivity contribution in [2.24, 2.45) is 10.8 Å². The van der Waals surface area contributed by atoms with Crippen molar-refractivity contribution in [2.75, 3.05) is 13.7 Å². The fourth-order valence-electron chi connectivity index (χ4n) is 3.68. The average molecular weight is 369 g/mol. The highest BCUT2D eigenvalue weighted by atomic mass is 16.5. The Morgan fingerprint density at radius 1 is 0.963 bits per heavy atom. The summed E-state index contributed by atoms with van der Waals surface area (Å²) < 4.78 is 11.2. The lowest BCUT2D eigenvalue weighted by molar-refractivity contribution is -0.163. The van der Waals surface area contributed by atoms with Gasteiger partial charge in [0, 0.05) is 5.92 Å². The van der Waals surface area contributed by atoms with Gasteiger partial charge in [0.25, 0.3) is 0 Å². The highest BCUT2D eigenvalue weighted by Crippen LogP contribution is 2.52. The third kappa shape index (κ3) is 4.35. The summed E-state index contributed by atoms with van der Waals surface area (Å²) in [6, 6.07) is 18.3. The van der Waals surface area contributed by atoms with E-state index in [2.05, 4.69) is 39.0 Å². The number of methoxy groups -OCH3 is 1. The Labute approximate surface area is 163 Å². The van der Waals surface area contributed by atoms with Gasteiger partial charge < -0.3 is 9.47 Å². The minimum absolute atomic E-state index is 0.0879. The normalized spacial score (nSPS) is 14.9. The number of carbonyl (C=O) groups is 1. The molecule has 0 radical (unpaired) electrons. The van der Waals surface area contributed by atoms with Gasteiger partial charge in [0.15, 0.2) is 0 Å². The third-order valence-corrected chi connectivity index (χ3v) is 5.75. The van der Waals surface area contributed by atoms with Crippen LogP contribution in [0.4, 0.5) is 0 Å². The average Bonchev–Trinajstić information content (AvgIpc) is 2.65. The van der Waals surface area contributed by atoms with Gasteiger partial charge in [0.05, 0.1) is 19.1 Å². The van der Waals surface area contributed by atoms with Crippen LogP contribution in [0.5, 0.6) is 5.75 Å². The highest BCUT2D eigenvalue weighted by Gasteiger charge is 2.52. The van der Waals surface area contributed by atoms with E-state index in [0.29, 0.717) is 6.61 Å². The first-order chi connectivity index (χ1) is 12.8. The van der Waals surface area contributed by atoms with E-state index in [1.54, 1.807) is 7.11 Å². The molecule has 2 atom stereocenters. The summed E-state index contributed by atoms with van der Waals surface area (Å²) in [5.74, 6) is 0.553. The molecule has 0 bridgehead atoms. The van der Waals surface area contributed by atoms with Crippen LogP contribution in [-0.4, -0.2) is 19.7 Å². The second-order valence-electron chi connectivity index (χ2n) is 8.16. The molecular weight excluding hydrogens is 336 g/mol. The van der Waals surface area contributed by atoms with Crippen molar-refractivity contribution in [1.82, 2.24) is 0 Å². The lowest BCUT2D eigenvalue weighted by Crippen LogP contribution is -2.47. The maximum atomic E-state index is 13.3. The van der Waals surface area contributed by atoms with Gasteiger partial charge in [-0.3, -0.25) is 4.79 Å². The van der Waals surface area contributed by atoms with Crippen LogP contribution in [0.2, 0.25) is 0 Å². The van der Waals surface area contributed by atoms with Gasteiger partial charge in [-0.15, -0.1) is 0 Å². The van der Waals surface area contributed by atoms with E-state index in [0.717, 1.165) is 17.7 Å². The largest absolute Gasteiger partial charge is 0.496 e. The molecule has 0 aliphatic heterocycles. The molecule has 0 N–H and O–H groups in total. The van der Waals surface area contributed by atoms with Crippen molar-refractivity contribution in [1.29, 1.82) is 0 Å². The molecule has 3 nitrogen and oxygen atoms in total. The van der Waals surface area contributed by atoms with Crippen LogP contribution in [0, 0.1) is 10.8 Å². The van der Waals surface area contributed by atoms with Crippen LogP contribution in [0.3, 0.4) is 0 Å². The van der Waals surface area contributed by atoms with Gasteiger partial charge in [-0.05, 0) is 42.9 Å². The molecular formula is C24H32O3. The molecule has 2 aromatic carbocycles. The van der Waals surface area contributed by atoms with E-state index >= 15 is 0 Å². The van der Waals surface area contributed by atoms with Gasteiger partial charge in [0.1, 0.15) is 5.75 Å². The number of hydrogen-bond acceptors (Lipinski definition) is 3. The monoisotopic (exact) mass is 368 g/mol. The predicted molar refractivity (Wildman–Crippen MR) is 110 cm³/mol. The number of carbonyl (C=O) groups excluding carboxylic acids is 1. The van der Waals surface area contributed by atoms with E-state index in [4.69, 9.17) is 9.47 Å². The van der Waals surface area contributed by atoms with Crippen molar-refractivity contribution in [3.05, 3.63) is 65.7 Å². The summed E-state index contributed by atoms with van der Waals surface area (Å²) in [7, 11) is 1.68. The zero-order chi connectivity index (χ0) is 20.1. The van der Waals surface area contributed by atoms with Crippen LogP contribution in [0.25, 0.3) is 0 Å². The Morgan fingerprint density at radius 3 is 2.11 bits per heavy atom. The smallest absolute Gasteiger partial charge is 0.312 e. The summed E-state index contributed by atoms with van der Waals surface area (Å²) in [6.45, 7) is 10.6. The van der Waals surface area contributed by atoms with Crippen molar-refractivity contribution in [3.63, 3.8) is 0 Å². The number of ether oxygens (including phenoxy) is 2. The fourth-order valence-corrected chi connectivity index (χ4v) is 3.68. The molecule has 0 aliphatic carbocycles. The third-order valence-electron chi connectivity index (χ3n) is 5.75. The van der Waals surface area contributed by atoms with E-state index in [1.165, 1.54) is 5.56 Å². The van der Waals surface area contributed by atoms with Crippen molar-refractivity contribution in [2.45, 2.75) is 47.0 Å². The topological polar surface area (TPSA) is 35.5 Å². The molecule has 2 aromatic rings. The lowest BCUT2D eigenvalue weighted by atomic mass is 9.57. The first-order valence-electron chi connectivity index (χ1n) is 9.59. The minimum atomic E-state index is -0.729. The van der Waals surface area contributed by atoms with Crippen LogP contribution >= 0.6 is 0 Å². The SMILES string of the molecule is CCOC(=O)C(C)(C(Cc1ccccc1)c1ccccc1OC)C(C)(C)C. The number of benzene rings is 2. The number of rotatable bonds is 7. The predicted octanol–water partition coefficient (Wildman–Crippen LogP) is 5.64. The first-order valence-corrected chi connectivity index (χ1v) is 9.59. The molecule has 2 unspecified atom stereocenters. The summed E-state index contributed by atoms with van der Waals surface area (Å²) in [5.41, 5.74) is 1.19. The second kappa shape index (κ2) is 8.60. The maximum absolute atomic E-state index is 13.3. The van der Waals surface area contributed by atoms with Crippen LogP contribution < -0.4 is 4.74 Å². The molecule has 0 heterocycles. The molecule has 27 heavy (non-hydrogen) atoms. The fraction of sp³-hybridized carbons (Fsp3) is 0.458. The molecule has 0 spiro atoms. The first kappa shape index (κ1) is 21.0. The summed E-state index contributed by atoms with van der Waals surface area (Å²) in [5, 5.41) is 0. The Kier molecular flexibility index (Phi) is 6.69. The van der Waals surface area contributed by atoms with Crippen LogP contribution in [0.15, 0.2) is 54.6 Å². The second-order valence-corrected chi connectivity index (χ2v) is 8.16. The van der Waals surface area contributed by atoms with E-state index in [1.807, 2.05) is 50.2 Å². The Bertz CT molecular complexity index is 746. The van der Waals surface area contributed by atoms with E-state index in [-0.39, 0.29) is 17.3 Å². The number of hydrogen-bond donors (Lipinski definition) is 0. The summed E-state index contributed by atoms with van der Waals surface area (Å²) in [6.07, 6.45) is 0.730. The number of esters is 1. The molecule has 146 valence electrons. The van der Waals surface area contributed by atoms with Gasteiger partial charge >= 0.3 is 5.97 Å². The minimum Gasteiger partial charge on any atom is -0.496 e. The van der Waals surface area contributed by atoms with Gasteiger partial charge in [-0.2, -0.15) is 0 Å². The zero-order valence-corrected chi connectivity index (χ0v) is 17.4. The molecule has 0 saturated carbocycles. The van der Waals surface area contributed by atoms with Gasteiger partial charge in [0.2, 0.25) is 0 Å². The zero-order valence-electron chi connectivity index (χ0n) is 17.4. The molecule has 0 aromatic heterocycles. The maximum Gasteiger partial charge on any atom is 0.312 e. The Hall–Kier alpha value is -2.29. The summed E-state index contributed by atoms with van der Waals surface area (Å²) in [4.78, 5) is 13.3. The summed E-state index contributed by atoms with van der Waals surface area (Å²) >= 11 is 0. The van der Waals surface area contributed by atoms with Crippen LogP contribution in [0.1, 0.15) is 51.7 Å². The molecule has 0 fully saturated rings. The molecule has 0 saturated heterocycles. The quantitative estimate of drug-likeness (QED) is 0.594. The Balaban J connectivity index is 2.66. The molecule has 0 amide bonds. The van der Waals surface area contributed by atoms with Crippen molar-refractivity contribution in [3.8, 4) is 5.75 Å². The Morgan fingerprint density at radius 2 is 1.56 bits per heavy atom. The molecule has 0 aliphatic rings. The van der Waals surface area contributed by atoms with Crippen molar-refractivity contribution < 1.29 is 14.3 Å². The van der Waals surface area contributed by atoms with Gasteiger partial charge in [-0.25, -0.2) is 0 Å².